The predicted octanol–water partition coefficient (Wildman–Crippen LogP) is 2.54. The maximum Gasteiger partial charge on any atom is 0.188 e. The second-order valence-electron chi connectivity index (χ2n) is 5.84. The fourth-order valence-electron chi connectivity index (χ4n) is 1.80. The number of hydrogen-bond donors (Lipinski definition) is 2. The summed E-state index contributed by atoms with van der Waals surface area (Å²) < 4.78 is 5.86. The standard InChI is InChI=1S/C16H25N3O/c1-12(2)9-18-16(17)19-10-14-5-3-4-6-15(14)20-11-13-7-8-13/h3-6,12-13H,7-11H2,1-2H3,(H3,17,18,19). The first-order valence-electron chi connectivity index (χ1n) is 7.39. The zero-order valence-corrected chi connectivity index (χ0v) is 12.4. The van der Waals surface area contributed by atoms with Crippen LogP contribution in [0.2, 0.25) is 0 Å². The maximum atomic E-state index is 5.86. The number of rotatable bonds is 7. The molecule has 2 rings (SSSR count). The summed E-state index contributed by atoms with van der Waals surface area (Å²) in [5, 5.41) is 3.12. The lowest BCUT2D eigenvalue weighted by Crippen LogP contribution is -2.34. The second-order valence-corrected chi connectivity index (χ2v) is 5.84. The van der Waals surface area contributed by atoms with E-state index in [1.165, 1.54) is 12.8 Å². The molecule has 20 heavy (non-hydrogen) atoms. The smallest absolute Gasteiger partial charge is 0.188 e. The van der Waals surface area contributed by atoms with E-state index >= 15 is 0 Å². The first-order chi connectivity index (χ1) is 9.65. The van der Waals surface area contributed by atoms with Crippen LogP contribution >= 0.6 is 0 Å². The molecule has 0 aliphatic heterocycles. The molecule has 0 amide bonds. The summed E-state index contributed by atoms with van der Waals surface area (Å²) >= 11 is 0. The van der Waals surface area contributed by atoms with Gasteiger partial charge in [0.25, 0.3) is 0 Å². The first kappa shape index (κ1) is 14.7. The SMILES string of the molecule is CC(C)CNC(N)=NCc1ccccc1OCC1CC1. The Morgan fingerprint density at radius 1 is 1.40 bits per heavy atom. The van der Waals surface area contributed by atoms with Crippen molar-refractivity contribution >= 4 is 5.96 Å². The van der Waals surface area contributed by atoms with Crippen LogP contribution in [-0.2, 0) is 6.54 Å². The van der Waals surface area contributed by atoms with Crippen LogP contribution in [0.3, 0.4) is 0 Å². The minimum absolute atomic E-state index is 0.496. The van der Waals surface area contributed by atoms with Crippen LogP contribution in [0.1, 0.15) is 32.3 Å². The molecule has 1 aromatic carbocycles. The molecule has 0 unspecified atom stereocenters. The number of benzene rings is 1. The van der Waals surface area contributed by atoms with Crippen LogP contribution in [0.15, 0.2) is 29.3 Å². The van der Waals surface area contributed by atoms with Gasteiger partial charge in [-0.1, -0.05) is 32.0 Å². The average molecular weight is 275 g/mol. The zero-order valence-electron chi connectivity index (χ0n) is 12.4. The Morgan fingerprint density at radius 3 is 2.85 bits per heavy atom. The highest BCUT2D eigenvalue weighted by atomic mass is 16.5. The number of ether oxygens (including phenoxy) is 1. The van der Waals surface area contributed by atoms with Crippen LogP contribution in [0, 0.1) is 11.8 Å². The Hall–Kier alpha value is -1.71. The van der Waals surface area contributed by atoms with Crippen molar-refractivity contribution in [2.75, 3.05) is 13.2 Å². The van der Waals surface area contributed by atoms with Gasteiger partial charge in [-0.3, -0.25) is 0 Å². The van der Waals surface area contributed by atoms with Gasteiger partial charge < -0.3 is 15.8 Å². The molecular formula is C16H25N3O. The molecule has 1 fully saturated rings. The van der Waals surface area contributed by atoms with E-state index in [-0.39, 0.29) is 0 Å². The molecular weight excluding hydrogens is 250 g/mol. The van der Waals surface area contributed by atoms with Gasteiger partial charge in [0.15, 0.2) is 5.96 Å². The third-order valence-electron chi connectivity index (χ3n) is 3.26. The second kappa shape index (κ2) is 7.17. The third kappa shape index (κ3) is 5.11. The zero-order chi connectivity index (χ0) is 14.4. The van der Waals surface area contributed by atoms with Crippen molar-refractivity contribution in [3.63, 3.8) is 0 Å². The van der Waals surface area contributed by atoms with Gasteiger partial charge >= 0.3 is 0 Å². The van der Waals surface area contributed by atoms with Gasteiger partial charge in [-0.25, -0.2) is 4.99 Å². The molecule has 0 aromatic heterocycles. The highest BCUT2D eigenvalue weighted by Gasteiger charge is 2.22. The van der Waals surface area contributed by atoms with Crippen LogP contribution in [0.25, 0.3) is 0 Å². The van der Waals surface area contributed by atoms with Crippen molar-refractivity contribution in [1.82, 2.24) is 5.32 Å². The Labute approximate surface area is 121 Å². The Bertz CT molecular complexity index is 453. The molecule has 3 N–H and O–H groups in total. The van der Waals surface area contributed by atoms with Crippen molar-refractivity contribution in [1.29, 1.82) is 0 Å². The average Bonchev–Trinajstić information content (AvgIpc) is 3.25. The van der Waals surface area contributed by atoms with E-state index < -0.39 is 0 Å². The summed E-state index contributed by atoms with van der Waals surface area (Å²) in [5.74, 6) is 2.73. The Kier molecular flexibility index (Phi) is 5.27. The van der Waals surface area contributed by atoms with Gasteiger partial charge in [-0.2, -0.15) is 0 Å². The Balaban J connectivity index is 1.88. The third-order valence-corrected chi connectivity index (χ3v) is 3.26. The number of guanidine groups is 1. The van der Waals surface area contributed by atoms with Gasteiger partial charge in [0.05, 0.1) is 13.2 Å². The van der Waals surface area contributed by atoms with Gasteiger partial charge in [-0.05, 0) is 30.7 Å². The van der Waals surface area contributed by atoms with E-state index in [1.807, 2.05) is 24.3 Å². The van der Waals surface area contributed by atoms with E-state index in [0.717, 1.165) is 30.4 Å². The number of nitrogens with zero attached hydrogens (tertiary/aromatic N) is 1. The highest BCUT2D eigenvalue weighted by molar-refractivity contribution is 5.77. The molecule has 0 spiro atoms. The quantitative estimate of drug-likeness (QED) is 0.594. The fraction of sp³-hybridized carbons (Fsp3) is 0.562. The molecule has 0 saturated heterocycles. The van der Waals surface area contributed by atoms with Crippen LogP contribution in [-0.4, -0.2) is 19.1 Å². The van der Waals surface area contributed by atoms with Crippen molar-refractivity contribution in [3.05, 3.63) is 29.8 Å². The molecule has 1 saturated carbocycles. The lowest BCUT2D eigenvalue weighted by atomic mass is 10.2. The Morgan fingerprint density at radius 2 is 2.15 bits per heavy atom. The van der Waals surface area contributed by atoms with Crippen molar-refractivity contribution in [2.24, 2.45) is 22.6 Å². The summed E-state index contributed by atoms with van der Waals surface area (Å²) in [6.07, 6.45) is 2.60. The van der Waals surface area contributed by atoms with E-state index in [9.17, 15) is 0 Å². The summed E-state index contributed by atoms with van der Waals surface area (Å²) in [7, 11) is 0. The molecule has 1 aromatic rings. The number of para-hydroxylation sites is 1. The summed E-state index contributed by atoms with van der Waals surface area (Å²) in [6.45, 7) is 6.50. The minimum Gasteiger partial charge on any atom is -0.493 e. The monoisotopic (exact) mass is 275 g/mol. The molecule has 1 aliphatic carbocycles. The highest BCUT2D eigenvalue weighted by Crippen LogP contribution is 2.30. The molecule has 0 bridgehead atoms. The molecule has 110 valence electrons. The number of aliphatic imine (C=N–C) groups is 1. The topological polar surface area (TPSA) is 59.6 Å². The summed E-state index contributed by atoms with van der Waals surface area (Å²) in [5.41, 5.74) is 6.94. The van der Waals surface area contributed by atoms with E-state index in [0.29, 0.717) is 18.4 Å². The van der Waals surface area contributed by atoms with E-state index in [4.69, 9.17) is 10.5 Å². The number of hydrogen-bond acceptors (Lipinski definition) is 2. The van der Waals surface area contributed by atoms with Crippen molar-refractivity contribution in [2.45, 2.75) is 33.2 Å². The summed E-state index contributed by atoms with van der Waals surface area (Å²) in [6, 6.07) is 8.05. The molecule has 4 heteroatoms. The predicted molar refractivity (Wildman–Crippen MR) is 82.8 cm³/mol. The van der Waals surface area contributed by atoms with Gasteiger partial charge in [0.2, 0.25) is 0 Å². The lowest BCUT2D eigenvalue weighted by Gasteiger charge is -2.11. The molecule has 0 atom stereocenters. The minimum atomic E-state index is 0.496. The van der Waals surface area contributed by atoms with E-state index in [1.54, 1.807) is 0 Å². The number of nitrogens with two attached hydrogens (primary N) is 1. The van der Waals surface area contributed by atoms with Crippen LogP contribution in [0.5, 0.6) is 5.75 Å². The van der Waals surface area contributed by atoms with Crippen LogP contribution < -0.4 is 15.8 Å². The number of nitrogens with one attached hydrogen (secondary N) is 1. The molecule has 0 radical (unpaired) electrons. The normalized spacial score (nSPS) is 15.4. The molecule has 4 nitrogen and oxygen atoms in total. The van der Waals surface area contributed by atoms with Gasteiger partial charge in [0.1, 0.15) is 5.75 Å². The summed E-state index contributed by atoms with van der Waals surface area (Å²) in [4.78, 5) is 4.37. The van der Waals surface area contributed by atoms with Crippen molar-refractivity contribution < 1.29 is 4.74 Å². The van der Waals surface area contributed by atoms with E-state index in [2.05, 4.69) is 24.2 Å². The first-order valence-corrected chi connectivity index (χ1v) is 7.39. The fourth-order valence-corrected chi connectivity index (χ4v) is 1.80. The van der Waals surface area contributed by atoms with Crippen molar-refractivity contribution in [3.8, 4) is 5.75 Å². The lowest BCUT2D eigenvalue weighted by molar-refractivity contribution is 0.297. The van der Waals surface area contributed by atoms with Gasteiger partial charge in [-0.15, -0.1) is 0 Å². The maximum absolute atomic E-state index is 5.86. The molecule has 0 heterocycles. The van der Waals surface area contributed by atoms with Crippen LogP contribution in [0.4, 0.5) is 0 Å². The largest absolute Gasteiger partial charge is 0.493 e. The molecule has 1 aliphatic rings. The van der Waals surface area contributed by atoms with Gasteiger partial charge in [0, 0.05) is 12.1 Å².